The standard InChI is InChI=1S/C27H24ClN3O5/c1-16-4-9-23(17(2)10-16)31-25(33)15-36-26-22(28)12-18(13-24(26)35-3)11-19(14-29)27(34)30-20-5-7-21(32)8-6-20/h4-13,32H,15H2,1-3H3,(H,30,34)(H,31,33)/b19-11+. The van der Waals surface area contributed by atoms with Crippen LogP contribution in [0.2, 0.25) is 5.02 Å². The average molecular weight is 506 g/mol. The summed E-state index contributed by atoms with van der Waals surface area (Å²) in [5, 5.41) is 24.3. The van der Waals surface area contributed by atoms with E-state index in [1.54, 1.807) is 0 Å². The molecule has 0 fully saturated rings. The Morgan fingerprint density at radius 3 is 2.44 bits per heavy atom. The number of anilines is 2. The van der Waals surface area contributed by atoms with Gasteiger partial charge in [-0.05, 0) is 73.5 Å². The molecule has 9 heteroatoms. The van der Waals surface area contributed by atoms with Crippen molar-refractivity contribution in [1.29, 1.82) is 5.26 Å². The first kappa shape index (κ1) is 26.1. The van der Waals surface area contributed by atoms with Gasteiger partial charge in [-0.15, -0.1) is 0 Å². The predicted molar refractivity (Wildman–Crippen MR) is 138 cm³/mol. The van der Waals surface area contributed by atoms with Crippen molar-refractivity contribution in [2.75, 3.05) is 24.4 Å². The lowest BCUT2D eigenvalue weighted by Gasteiger charge is -2.14. The molecule has 0 spiro atoms. The van der Waals surface area contributed by atoms with Gasteiger partial charge in [0.15, 0.2) is 18.1 Å². The summed E-state index contributed by atoms with van der Waals surface area (Å²) in [6.07, 6.45) is 1.35. The SMILES string of the molecule is COc1cc(/C=C(\C#N)C(=O)Nc2ccc(O)cc2)cc(Cl)c1OCC(=O)Nc1ccc(C)cc1C. The first-order valence-corrected chi connectivity index (χ1v) is 11.2. The number of hydrogen-bond acceptors (Lipinski definition) is 6. The number of hydrogen-bond donors (Lipinski definition) is 3. The molecule has 0 aliphatic carbocycles. The molecule has 3 N–H and O–H groups in total. The van der Waals surface area contributed by atoms with Crippen LogP contribution in [0.5, 0.6) is 17.2 Å². The summed E-state index contributed by atoms with van der Waals surface area (Å²) in [5.41, 5.74) is 3.35. The molecule has 0 aliphatic heterocycles. The number of rotatable bonds is 8. The number of halogens is 1. The number of phenolic OH excluding ortho intramolecular Hbond substituents is 1. The molecule has 0 heterocycles. The number of nitrogens with one attached hydrogen (secondary N) is 2. The number of carbonyl (C=O) groups is 2. The molecule has 0 saturated heterocycles. The van der Waals surface area contributed by atoms with E-state index in [4.69, 9.17) is 21.1 Å². The molecule has 0 radical (unpaired) electrons. The minimum absolute atomic E-state index is 0.0517. The van der Waals surface area contributed by atoms with Crippen molar-refractivity contribution < 1.29 is 24.2 Å². The maximum Gasteiger partial charge on any atom is 0.266 e. The van der Waals surface area contributed by atoms with Gasteiger partial charge in [-0.3, -0.25) is 9.59 Å². The second-order valence-corrected chi connectivity index (χ2v) is 8.27. The Hall–Kier alpha value is -4.48. The summed E-state index contributed by atoms with van der Waals surface area (Å²) in [6, 6.07) is 16.4. The predicted octanol–water partition coefficient (Wildman–Crippen LogP) is 5.23. The van der Waals surface area contributed by atoms with Crippen molar-refractivity contribution in [2.45, 2.75) is 13.8 Å². The normalized spacial score (nSPS) is 10.8. The van der Waals surface area contributed by atoms with Crippen LogP contribution in [0.25, 0.3) is 6.08 Å². The van der Waals surface area contributed by atoms with Crippen molar-refractivity contribution in [3.05, 3.63) is 81.9 Å². The Morgan fingerprint density at radius 2 is 1.81 bits per heavy atom. The fourth-order valence-corrected chi connectivity index (χ4v) is 3.57. The van der Waals surface area contributed by atoms with Gasteiger partial charge in [0.05, 0.1) is 12.1 Å². The second-order valence-electron chi connectivity index (χ2n) is 7.86. The monoisotopic (exact) mass is 505 g/mol. The van der Waals surface area contributed by atoms with Crippen molar-refractivity contribution in [2.24, 2.45) is 0 Å². The van der Waals surface area contributed by atoms with Gasteiger partial charge in [0.1, 0.15) is 17.4 Å². The number of aromatic hydroxyl groups is 1. The number of phenols is 1. The molecule has 0 aliphatic rings. The lowest BCUT2D eigenvalue weighted by molar-refractivity contribution is -0.118. The Morgan fingerprint density at radius 1 is 1.08 bits per heavy atom. The molecule has 0 saturated carbocycles. The van der Waals surface area contributed by atoms with E-state index in [0.717, 1.165) is 11.1 Å². The van der Waals surface area contributed by atoms with Gasteiger partial charge in [0.2, 0.25) is 0 Å². The lowest BCUT2D eigenvalue weighted by atomic mass is 10.1. The number of ether oxygens (including phenoxy) is 2. The van der Waals surface area contributed by atoms with Crippen LogP contribution in [0, 0.1) is 25.2 Å². The lowest BCUT2D eigenvalue weighted by Crippen LogP contribution is -2.21. The van der Waals surface area contributed by atoms with Gasteiger partial charge in [-0.1, -0.05) is 29.3 Å². The van der Waals surface area contributed by atoms with E-state index in [2.05, 4.69) is 10.6 Å². The van der Waals surface area contributed by atoms with Crippen LogP contribution in [-0.4, -0.2) is 30.6 Å². The summed E-state index contributed by atoms with van der Waals surface area (Å²) in [7, 11) is 1.41. The summed E-state index contributed by atoms with van der Waals surface area (Å²) in [4.78, 5) is 24.9. The summed E-state index contributed by atoms with van der Waals surface area (Å²) >= 11 is 6.38. The molecule has 0 bridgehead atoms. The Bertz CT molecular complexity index is 1360. The quantitative estimate of drug-likeness (QED) is 0.219. The van der Waals surface area contributed by atoms with Gasteiger partial charge in [0.25, 0.3) is 11.8 Å². The van der Waals surface area contributed by atoms with Gasteiger partial charge < -0.3 is 25.2 Å². The minimum atomic E-state index is -0.637. The number of aryl methyl sites for hydroxylation is 2. The number of amides is 2. The smallest absolute Gasteiger partial charge is 0.266 e. The Balaban J connectivity index is 1.73. The highest BCUT2D eigenvalue weighted by molar-refractivity contribution is 6.32. The molecule has 0 aromatic heterocycles. The third-order valence-electron chi connectivity index (χ3n) is 5.06. The van der Waals surface area contributed by atoms with Crippen LogP contribution in [0.3, 0.4) is 0 Å². The highest BCUT2D eigenvalue weighted by atomic mass is 35.5. The van der Waals surface area contributed by atoms with Crippen molar-refractivity contribution in [3.63, 3.8) is 0 Å². The third kappa shape index (κ3) is 6.78. The van der Waals surface area contributed by atoms with Crippen LogP contribution in [0.15, 0.2) is 60.2 Å². The van der Waals surface area contributed by atoms with E-state index in [1.165, 1.54) is 49.6 Å². The Labute approximate surface area is 213 Å². The molecule has 2 amide bonds. The Kier molecular flexibility index (Phi) is 8.55. The van der Waals surface area contributed by atoms with Crippen molar-refractivity contribution >= 4 is 40.9 Å². The highest BCUT2D eigenvalue weighted by Crippen LogP contribution is 2.37. The maximum absolute atomic E-state index is 12.5. The number of carbonyl (C=O) groups excluding carboxylic acids is 2. The van der Waals surface area contributed by atoms with Gasteiger partial charge >= 0.3 is 0 Å². The zero-order valence-electron chi connectivity index (χ0n) is 19.9. The fraction of sp³-hybridized carbons (Fsp3) is 0.148. The van der Waals surface area contributed by atoms with Gasteiger partial charge in [-0.2, -0.15) is 5.26 Å². The van der Waals surface area contributed by atoms with E-state index in [0.29, 0.717) is 16.9 Å². The molecule has 184 valence electrons. The summed E-state index contributed by atoms with van der Waals surface area (Å²) < 4.78 is 11.0. The molecular weight excluding hydrogens is 482 g/mol. The number of methoxy groups -OCH3 is 1. The van der Waals surface area contributed by atoms with Crippen molar-refractivity contribution in [1.82, 2.24) is 0 Å². The van der Waals surface area contributed by atoms with Crippen LogP contribution < -0.4 is 20.1 Å². The molecule has 3 rings (SSSR count). The molecular formula is C27H24ClN3O5. The fourth-order valence-electron chi connectivity index (χ4n) is 3.30. The minimum Gasteiger partial charge on any atom is -0.508 e. The first-order chi connectivity index (χ1) is 17.2. The zero-order chi connectivity index (χ0) is 26.2. The number of nitrogens with zero attached hydrogens (tertiary/aromatic N) is 1. The van der Waals surface area contributed by atoms with Gasteiger partial charge in [-0.25, -0.2) is 0 Å². The molecule has 36 heavy (non-hydrogen) atoms. The third-order valence-corrected chi connectivity index (χ3v) is 5.34. The van der Waals surface area contributed by atoms with Gasteiger partial charge in [0, 0.05) is 11.4 Å². The largest absolute Gasteiger partial charge is 0.508 e. The van der Waals surface area contributed by atoms with E-state index in [9.17, 15) is 20.0 Å². The van der Waals surface area contributed by atoms with E-state index in [-0.39, 0.29) is 40.4 Å². The average Bonchev–Trinajstić information content (AvgIpc) is 2.84. The van der Waals surface area contributed by atoms with E-state index in [1.807, 2.05) is 38.1 Å². The molecule has 3 aromatic rings. The zero-order valence-corrected chi connectivity index (χ0v) is 20.6. The number of benzene rings is 3. The highest BCUT2D eigenvalue weighted by Gasteiger charge is 2.16. The molecule has 3 aromatic carbocycles. The van der Waals surface area contributed by atoms with Crippen LogP contribution in [0.1, 0.15) is 16.7 Å². The van der Waals surface area contributed by atoms with E-state index < -0.39 is 5.91 Å². The maximum atomic E-state index is 12.5. The molecule has 0 atom stereocenters. The topological polar surface area (TPSA) is 121 Å². The van der Waals surface area contributed by atoms with E-state index >= 15 is 0 Å². The van der Waals surface area contributed by atoms with Crippen LogP contribution >= 0.6 is 11.6 Å². The first-order valence-electron chi connectivity index (χ1n) is 10.8. The summed E-state index contributed by atoms with van der Waals surface area (Å²) in [5.74, 6) is -0.581. The number of nitriles is 1. The molecule has 0 unspecified atom stereocenters. The second kappa shape index (κ2) is 11.8. The van der Waals surface area contributed by atoms with Crippen molar-refractivity contribution in [3.8, 4) is 23.3 Å². The summed E-state index contributed by atoms with van der Waals surface area (Å²) in [6.45, 7) is 3.56. The van der Waals surface area contributed by atoms with Crippen LogP contribution in [0.4, 0.5) is 11.4 Å². The molecule has 8 nitrogen and oxygen atoms in total. The van der Waals surface area contributed by atoms with Crippen LogP contribution in [-0.2, 0) is 9.59 Å².